The van der Waals surface area contributed by atoms with Gasteiger partial charge in [0.2, 0.25) is 4.96 Å². The van der Waals surface area contributed by atoms with Crippen LogP contribution in [0.1, 0.15) is 36.8 Å². The van der Waals surface area contributed by atoms with Crippen molar-refractivity contribution >= 4 is 16.3 Å². The highest BCUT2D eigenvalue weighted by Gasteiger charge is 2.12. The predicted octanol–water partition coefficient (Wildman–Crippen LogP) is 3.89. The SMILES string of the molecule is CCCCCc1nn2c(-c3ccc(C)cc3)nnc2s1. The van der Waals surface area contributed by atoms with E-state index in [4.69, 9.17) is 0 Å². The molecule has 1 aromatic carbocycles. The highest BCUT2D eigenvalue weighted by atomic mass is 32.1. The van der Waals surface area contributed by atoms with Crippen LogP contribution >= 0.6 is 11.3 Å². The smallest absolute Gasteiger partial charge is 0.183 e. The summed E-state index contributed by atoms with van der Waals surface area (Å²) in [5.41, 5.74) is 2.31. The second kappa shape index (κ2) is 5.71. The zero-order valence-corrected chi connectivity index (χ0v) is 12.7. The standard InChI is InChI=1S/C15H18N4S/c1-3-4-5-6-13-18-19-14(16-17-15(19)20-13)12-9-7-11(2)8-10-12/h7-10H,3-6H2,1-2H3. The maximum atomic E-state index is 4.65. The molecule has 104 valence electrons. The van der Waals surface area contributed by atoms with Gasteiger partial charge < -0.3 is 0 Å². The van der Waals surface area contributed by atoms with Crippen molar-refractivity contribution in [3.63, 3.8) is 0 Å². The average Bonchev–Trinajstić information content (AvgIpc) is 3.00. The van der Waals surface area contributed by atoms with Gasteiger partial charge in [0.15, 0.2) is 5.82 Å². The molecule has 4 nitrogen and oxygen atoms in total. The summed E-state index contributed by atoms with van der Waals surface area (Å²) in [6.07, 6.45) is 4.72. The molecule has 0 aliphatic carbocycles. The molecule has 0 saturated heterocycles. The highest BCUT2D eigenvalue weighted by molar-refractivity contribution is 7.16. The lowest BCUT2D eigenvalue weighted by Gasteiger charge is -1.98. The summed E-state index contributed by atoms with van der Waals surface area (Å²) in [5.74, 6) is 0.831. The van der Waals surface area contributed by atoms with E-state index in [9.17, 15) is 0 Å². The van der Waals surface area contributed by atoms with E-state index in [0.29, 0.717) is 0 Å². The number of fused-ring (bicyclic) bond motifs is 1. The van der Waals surface area contributed by atoms with Crippen LogP contribution in [0.2, 0.25) is 0 Å². The third-order valence-electron chi connectivity index (χ3n) is 3.34. The summed E-state index contributed by atoms with van der Waals surface area (Å²) in [7, 11) is 0. The number of unbranched alkanes of at least 4 members (excludes halogenated alkanes) is 2. The molecule has 5 heteroatoms. The zero-order valence-electron chi connectivity index (χ0n) is 11.8. The number of benzene rings is 1. The maximum Gasteiger partial charge on any atom is 0.234 e. The minimum absolute atomic E-state index is 0.831. The molecule has 0 aliphatic heterocycles. The van der Waals surface area contributed by atoms with E-state index in [-0.39, 0.29) is 0 Å². The first-order valence-corrected chi connectivity index (χ1v) is 7.87. The Balaban J connectivity index is 1.90. The van der Waals surface area contributed by atoms with Gasteiger partial charge in [0.1, 0.15) is 5.01 Å². The Morgan fingerprint density at radius 3 is 2.65 bits per heavy atom. The third-order valence-corrected chi connectivity index (χ3v) is 4.30. The Kier molecular flexibility index (Phi) is 3.78. The lowest BCUT2D eigenvalue weighted by Crippen LogP contribution is -1.93. The van der Waals surface area contributed by atoms with Crippen LogP contribution in [0.3, 0.4) is 0 Å². The minimum Gasteiger partial charge on any atom is -0.183 e. The van der Waals surface area contributed by atoms with Crippen molar-refractivity contribution in [2.24, 2.45) is 0 Å². The summed E-state index contributed by atoms with van der Waals surface area (Å²) in [6.45, 7) is 4.30. The quantitative estimate of drug-likeness (QED) is 0.668. The average molecular weight is 286 g/mol. The summed E-state index contributed by atoms with van der Waals surface area (Å²) >= 11 is 1.64. The van der Waals surface area contributed by atoms with Crippen molar-refractivity contribution in [3.05, 3.63) is 34.8 Å². The summed E-state index contributed by atoms with van der Waals surface area (Å²) in [6, 6.07) is 8.32. The Morgan fingerprint density at radius 1 is 1.10 bits per heavy atom. The topological polar surface area (TPSA) is 43.1 Å². The summed E-state index contributed by atoms with van der Waals surface area (Å²) < 4.78 is 1.87. The molecule has 20 heavy (non-hydrogen) atoms. The molecule has 2 heterocycles. The van der Waals surface area contributed by atoms with Crippen LogP contribution in [0.15, 0.2) is 24.3 Å². The van der Waals surface area contributed by atoms with E-state index in [1.807, 2.05) is 4.52 Å². The van der Waals surface area contributed by atoms with Gasteiger partial charge in [-0.25, -0.2) is 0 Å². The molecule has 3 rings (SSSR count). The van der Waals surface area contributed by atoms with Gasteiger partial charge in [-0.05, 0) is 13.3 Å². The van der Waals surface area contributed by atoms with E-state index in [0.717, 1.165) is 27.8 Å². The van der Waals surface area contributed by atoms with Crippen LogP contribution in [0.4, 0.5) is 0 Å². The normalized spacial score (nSPS) is 11.3. The molecular weight excluding hydrogens is 268 g/mol. The summed E-state index contributed by atoms with van der Waals surface area (Å²) in [4.78, 5) is 0.882. The zero-order chi connectivity index (χ0) is 13.9. The van der Waals surface area contributed by atoms with Crippen molar-refractivity contribution in [3.8, 4) is 11.4 Å². The van der Waals surface area contributed by atoms with Gasteiger partial charge in [-0.2, -0.15) is 9.61 Å². The molecule has 3 aromatic rings. The van der Waals surface area contributed by atoms with Gasteiger partial charge in [0.25, 0.3) is 0 Å². The van der Waals surface area contributed by atoms with Crippen LogP contribution in [0.25, 0.3) is 16.3 Å². The van der Waals surface area contributed by atoms with Crippen molar-refractivity contribution < 1.29 is 0 Å². The fourth-order valence-electron chi connectivity index (χ4n) is 2.17. The molecule has 0 N–H and O–H groups in total. The fraction of sp³-hybridized carbons (Fsp3) is 0.400. The van der Waals surface area contributed by atoms with Crippen LogP contribution in [0, 0.1) is 6.92 Å². The molecule has 0 saturated carbocycles. The van der Waals surface area contributed by atoms with Gasteiger partial charge in [0.05, 0.1) is 0 Å². The van der Waals surface area contributed by atoms with Gasteiger partial charge in [0, 0.05) is 12.0 Å². The molecule has 0 unspecified atom stereocenters. The van der Waals surface area contributed by atoms with Crippen LogP contribution in [-0.2, 0) is 6.42 Å². The molecule has 0 bridgehead atoms. The first kappa shape index (κ1) is 13.2. The second-order valence-electron chi connectivity index (χ2n) is 5.04. The van der Waals surface area contributed by atoms with Gasteiger partial charge >= 0.3 is 0 Å². The molecule has 0 aliphatic rings. The van der Waals surface area contributed by atoms with E-state index >= 15 is 0 Å². The minimum atomic E-state index is 0.831. The Morgan fingerprint density at radius 2 is 1.90 bits per heavy atom. The van der Waals surface area contributed by atoms with Crippen molar-refractivity contribution in [1.29, 1.82) is 0 Å². The largest absolute Gasteiger partial charge is 0.234 e. The van der Waals surface area contributed by atoms with Crippen molar-refractivity contribution in [2.75, 3.05) is 0 Å². The number of hydrogen-bond acceptors (Lipinski definition) is 4. The van der Waals surface area contributed by atoms with Gasteiger partial charge in [-0.1, -0.05) is 60.9 Å². The van der Waals surface area contributed by atoms with Gasteiger partial charge in [-0.3, -0.25) is 0 Å². The molecule has 0 fully saturated rings. The van der Waals surface area contributed by atoms with E-state index < -0.39 is 0 Å². The molecule has 0 atom stereocenters. The Hall–Kier alpha value is -1.75. The molecule has 2 aromatic heterocycles. The second-order valence-corrected chi connectivity index (χ2v) is 6.08. The van der Waals surface area contributed by atoms with E-state index in [2.05, 4.69) is 53.4 Å². The van der Waals surface area contributed by atoms with E-state index in [1.54, 1.807) is 11.3 Å². The first-order valence-electron chi connectivity index (χ1n) is 7.06. The van der Waals surface area contributed by atoms with Crippen LogP contribution in [0.5, 0.6) is 0 Å². The molecule has 0 spiro atoms. The highest BCUT2D eigenvalue weighted by Crippen LogP contribution is 2.22. The number of rotatable bonds is 5. The fourth-order valence-corrected chi connectivity index (χ4v) is 3.04. The number of nitrogens with zero attached hydrogens (tertiary/aromatic N) is 4. The lowest BCUT2D eigenvalue weighted by atomic mass is 10.1. The Bertz CT molecular complexity index is 696. The van der Waals surface area contributed by atoms with Crippen LogP contribution < -0.4 is 0 Å². The first-order chi connectivity index (χ1) is 9.78. The molecule has 0 amide bonds. The third kappa shape index (κ3) is 2.58. The number of hydrogen-bond donors (Lipinski definition) is 0. The van der Waals surface area contributed by atoms with Crippen LogP contribution in [-0.4, -0.2) is 19.8 Å². The summed E-state index contributed by atoms with van der Waals surface area (Å²) in [5, 5.41) is 14.3. The lowest BCUT2D eigenvalue weighted by molar-refractivity contribution is 0.706. The maximum absolute atomic E-state index is 4.65. The Labute approximate surface area is 122 Å². The van der Waals surface area contributed by atoms with E-state index in [1.165, 1.54) is 24.8 Å². The monoisotopic (exact) mass is 286 g/mol. The number of aryl methyl sites for hydroxylation is 2. The van der Waals surface area contributed by atoms with Crippen molar-refractivity contribution in [2.45, 2.75) is 39.5 Å². The van der Waals surface area contributed by atoms with Gasteiger partial charge in [-0.15, -0.1) is 10.2 Å². The molecule has 0 radical (unpaired) electrons. The molecular formula is C15H18N4S. The predicted molar refractivity (Wildman–Crippen MR) is 82.1 cm³/mol. The number of aromatic nitrogens is 4. The van der Waals surface area contributed by atoms with Crippen molar-refractivity contribution in [1.82, 2.24) is 19.8 Å².